The fourth-order valence-corrected chi connectivity index (χ4v) is 15.6. The van der Waals surface area contributed by atoms with Gasteiger partial charge < -0.3 is 85.3 Å². The van der Waals surface area contributed by atoms with Gasteiger partial charge in [0.15, 0.2) is 25.2 Å². The lowest BCUT2D eigenvalue weighted by atomic mass is 9.96. The Bertz CT molecular complexity index is 4340. The minimum absolute atomic E-state index is 0.0434. The van der Waals surface area contributed by atoms with Crippen LogP contribution in [0.2, 0.25) is 0 Å². The first-order valence-electron chi connectivity index (χ1n) is 42.1. The average Bonchev–Trinajstić information content (AvgIpc) is 0.777. The van der Waals surface area contributed by atoms with E-state index in [4.69, 9.17) is 96.9 Å². The molecule has 0 aliphatic carbocycles. The Kier molecular flexibility index (Phi) is 35.5. The van der Waals surface area contributed by atoms with Crippen LogP contribution in [0.5, 0.6) is 0 Å². The molecule has 0 radical (unpaired) electrons. The smallest absolute Gasteiger partial charge is 0.186 e. The van der Waals surface area contributed by atoms with Crippen LogP contribution in [0.4, 0.5) is 0 Å². The largest absolute Gasteiger partial charge is 0.374 e. The lowest BCUT2D eigenvalue weighted by Crippen LogP contribution is -2.64. The predicted octanol–water partition coefficient (Wildman–Crippen LogP) is 18.4. The van der Waals surface area contributed by atoms with Crippen molar-refractivity contribution in [1.29, 1.82) is 0 Å². The molecule has 0 aromatic heterocycles. The lowest BCUT2D eigenvalue weighted by Gasteiger charge is -2.49. The number of benzene rings is 10. The van der Waals surface area contributed by atoms with E-state index in [1.54, 1.807) is 0 Å². The number of hydrogen-bond acceptors (Lipinski definition) is 18. The number of alkyl halides is 1. The third-order valence-electron chi connectivity index (χ3n) is 21.6. The molecular weight excluding hydrogens is 1520 g/mol. The Hall–Kier alpha value is -8.23. The highest BCUT2D eigenvalue weighted by atomic mass is 35.5. The molecule has 10 aromatic rings. The van der Waals surface area contributed by atoms with Crippen LogP contribution in [0.1, 0.15) is 101 Å². The second kappa shape index (κ2) is 48.4. The number of hydrogen-bond donors (Lipinski definition) is 0. The van der Waals surface area contributed by atoms with Gasteiger partial charge in [-0.05, 0) is 68.5 Å². The van der Waals surface area contributed by atoms with E-state index in [0.29, 0.717) is 38.9 Å². The van der Waals surface area contributed by atoms with Crippen molar-refractivity contribution in [3.63, 3.8) is 0 Å². The van der Waals surface area contributed by atoms with Crippen molar-refractivity contribution in [3.8, 4) is 0 Å². The zero-order valence-corrected chi connectivity index (χ0v) is 68.4. The molecule has 4 aliphatic rings. The van der Waals surface area contributed by atoms with Crippen LogP contribution in [-0.2, 0) is 151 Å². The van der Waals surface area contributed by atoms with Gasteiger partial charge in [-0.1, -0.05) is 316 Å². The van der Waals surface area contributed by atoms with Crippen LogP contribution in [0.3, 0.4) is 0 Å². The highest BCUT2D eigenvalue weighted by Crippen LogP contribution is 2.40. The van der Waals surface area contributed by atoms with Crippen LogP contribution < -0.4 is 0 Å². The first kappa shape index (κ1) is 87.1. The van der Waals surface area contributed by atoms with Gasteiger partial charge in [0.25, 0.3) is 0 Å². The standard InChI is InChI=1S/C100H113ClO18/c101-55-33-1-2-34-56-106-100-99(112-69-83-53-31-12-32-54-83)98(111-68-82-51-29-11-30-52-82)97(90(116-100)73-105-63-77-41-19-6-20-42-77)119-93-59-86(109-66-80-47-25-9-26-48-80)96(89(115-93)72-104-62-76-39-17-5-18-40-76)118-92-58-85(108-65-79-45-23-8-24-46-79)95(88(114-92)71-103-61-75-37-15-4-16-38-75)117-91-57-84(107-64-78-43-21-7-22-44-78)94(110-67-81-49-27-10-28-50-81)87(113-91)70-102-60-74-35-13-3-14-36-74/h3-32,35-54,84-100H,1-2,33-34,55-73H2/t84-,85-,86-,87-,88-,89-,90-,91-,92-,93-,94+,95+,96+,97-,98+,99-,100-/m1/s1. The van der Waals surface area contributed by atoms with Gasteiger partial charge in [0, 0.05) is 31.7 Å². The zero-order chi connectivity index (χ0) is 80.9. The van der Waals surface area contributed by atoms with Crippen molar-refractivity contribution in [3.05, 3.63) is 359 Å². The van der Waals surface area contributed by atoms with E-state index >= 15 is 0 Å². The molecule has 14 rings (SSSR count). The molecule has 0 unspecified atom stereocenters. The first-order valence-corrected chi connectivity index (χ1v) is 42.6. The van der Waals surface area contributed by atoms with Gasteiger partial charge in [-0.15, -0.1) is 11.6 Å². The molecule has 17 atom stereocenters. The minimum atomic E-state index is -0.999. The second-order valence-corrected chi connectivity index (χ2v) is 31.0. The Labute approximate surface area is 706 Å². The number of halogens is 1. The maximum Gasteiger partial charge on any atom is 0.186 e. The number of ether oxygens (including phenoxy) is 18. The third-order valence-corrected chi connectivity index (χ3v) is 21.9. The fourth-order valence-electron chi connectivity index (χ4n) is 15.4. The van der Waals surface area contributed by atoms with Crippen molar-refractivity contribution >= 4 is 11.6 Å². The van der Waals surface area contributed by atoms with Crippen molar-refractivity contribution < 1.29 is 85.3 Å². The van der Waals surface area contributed by atoms with E-state index in [0.717, 1.165) is 81.3 Å². The van der Waals surface area contributed by atoms with Gasteiger partial charge in [-0.2, -0.15) is 0 Å². The summed E-state index contributed by atoms with van der Waals surface area (Å²) < 4.78 is 129. The normalized spacial score (nSPS) is 25.2. The van der Waals surface area contributed by atoms with Crippen LogP contribution in [0.25, 0.3) is 0 Å². The summed E-state index contributed by atoms with van der Waals surface area (Å²) >= 11 is 6.16. The van der Waals surface area contributed by atoms with Crippen molar-refractivity contribution in [1.82, 2.24) is 0 Å². The van der Waals surface area contributed by atoms with Gasteiger partial charge in [0.1, 0.15) is 61.0 Å². The second-order valence-electron chi connectivity index (χ2n) is 30.6. The summed E-state index contributed by atoms with van der Waals surface area (Å²) in [5.74, 6) is 0.602. The molecule has 4 saturated heterocycles. The SMILES string of the molecule is ClCCCCCCO[C@@H]1O[C@H](COCc2ccccc2)[C@@H](O[C@@H]2C[C@@H](OCc3ccccc3)[C@H](O[C@@H]3C[C@@H](OCc4ccccc4)[C@H](O[C@@H]4C[C@@H](OCc5ccccc5)[C@H](OCc5ccccc5)[C@@H](COCc5ccccc5)O4)[C@@H](COCc4ccccc4)O3)[C@@H](COCc3ccccc3)O2)[C@H](OCc2ccccc2)[C@H]1OCc1ccccc1. The average molecular weight is 1640 g/mol. The summed E-state index contributed by atoms with van der Waals surface area (Å²) in [5.41, 5.74) is 9.86. The van der Waals surface area contributed by atoms with Crippen LogP contribution >= 0.6 is 11.6 Å². The van der Waals surface area contributed by atoms with Crippen molar-refractivity contribution in [2.75, 3.05) is 38.9 Å². The molecule has 0 saturated carbocycles. The van der Waals surface area contributed by atoms with Gasteiger partial charge >= 0.3 is 0 Å². The van der Waals surface area contributed by atoms with E-state index in [1.165, 1.54) is 0 Å². The van der Waals surface area contributed by atoms with E-state index in [-0.39, 0.29) is 85.3 Å². The summed E-state index contributed by atoms with van der Waals surface area (Å²) in [6.45, 7) is 3.53. The van der Waals surface area contributed by atoms with E-state index in [1.807, 2.05) is 255 Å². The number of rotatable bonds is 47. The molecule has 119 heavy (non-hydrogen) atoms. The molecule has 0 spiro atoms. The molecule has 0 N–H and O–H groups in total. The Balaban J connectivity index is 0.805. The maximum atomic E-state index is 7.67. The molecule has 18 nitrogen and oxygen atoms in total. The summed E-state index contributed by atoms with van der Waals surface area (Å²) in [5, 5.41) is 0. The van der Waals surface area contributed by atoms with Gasteiger partial charge in [-0.3, -0.25) is 0 Å². The molecule has 628 valence electrons. The van der Waals surface area contributed by atoms with E-state index in [9.17, 15) is 0 Å². The highest BCUT2D eigenvalue weighted by molar-refractivity contribution is 6.17. The monoisotopic (exact) mass is 1640 g/mol. The Morgan fingerprint density at radius 1 is 0.227 bits per heavy atom. The number of unbranched alkanes of at least 4 members (excludes halogenated alkanes) is 3. The molecule has 0 bridgehead atoms. The minimum Gasteiger partial charge on any atom is -0.374 e. The van der Waals surface area contributed by atoms with Gasteiger partial charge in [-0.25, -0.2) is 0 Å². The maximum absolute atomic E-state index is 7.67. The van der Waals surface area contributed by atoms with E-state index in [2.05, 4.69) is 48.5 Å². The van der Waals surface area contributed by atoms with Crippen LogP contribution in [-0.4, -0.2) is 143 Å². The van der Waals surface area contributed by atoms with E-state index < -0.39 is 105 Å². The third kappa shape index (κ3) is 27.9. The molecule has 4 fully saturated rings. The quantitative estimate of drug-likeness (QED) is 0.0261. The van der Waals surface area contributed by atoms with Crippen LogP contribution in [0.15, 0.2) is 303 Å². The predicted molar refractivity (Wildman–Crippen MR) is 453 cm³/mol. The highest BCUT2D eigenvalue weighted by Gasteiger charge is 2.54. The Morgan fingerprint density at radius 2 is 0.471 bits per heavy atom. The van der Waals surface area contributed by atoms with Crippen LogP contribution in [0, 0.1) is 0 Å². The van der Waals surface area contributed by atoms with Gasteiger partial charge in [0.2, 0.25) is 0 Å². The summed E-state index contributed by atoms with van der Waals surface area (Å²) in [6, 6.07) is 101. The molecule has 10 aromatic carbocycles. The topological polar surface area (TPSA) is 166 Å². The molecule has 19 heteroatoms. The van der Waals surface area contributed by atoms with Crippen molar-refractivity contribution in [2.24, 2.45) is 0 Å². The zero-order valence-electron chi connectivity index (χ0n) is 67.7. The summed E-state index contributed by atoms with van der Waals surface area (Å²) in [7, 11) is 0. The van der Waals surface area contributed by atoms with Crippen molar-refractivity contribution in [2.45, 2.75) is 216 Å². The summed E-state index contributed by atoms with van der Waals surface area (Å²) in [4.78, 5) is 0. The fraction of sp³-hybridized carbons (Fsp3) is 0.400. The molecular formula is C100H113ClO18. The first-order chi connectivity index (χ1) is 58.9. The lowest BCUT2D eigenvalue weighted by molar-refractivity contribution is -0.370. The Morgan fingerprint density at radius 3 is 0.782 bits per heavy atom. The molecule has 0 amide bonds. The molecule has 4 aliphatic heterocycles. The summed E-state index contributed by atoms with van der Waals surface area (Å²) in [6.07, 6.45) is -9.43. The van der Waals surface area contributed by atoms with Gasteiger partial charge in [0.05, 0.1) is 111 Å². The molecule has 4 heterocycles.